The molecule has 12 heteroatoms. The van der Waals surface area contributed by atoms with Crippen molar-refractivity contribution in [3.8, 4) is 23.3 Å². The molecule has 2 aliphatic carbocycles. The van der Waals surface area contributed by atoms with E-state index in [1.165, 1.54) is 6.08 Å². The van der Waals surface area contributed by atoms with Crippen LogP contribution >= 0.6 is 0 Å². The Bertz CT molecular complexity index is 2440. The van der Waals surface area contributed by atoms with Crippen molar-refractivity contribution >= 4 is 23.4 Å². The van der Waals surface area contributed by atoms with Crippen molar-refractivity contribution in [2.45, 2.75) is 164 Å². The minimum atomic E-state index is -1.63. The van der Waals surface area contributed by atoms with E-state index in [1.54, 1.807) is 20.1 Å². The lowest BCUT2D eigenvalue weighted by Crippen LogP contribution is -2.54. The summed E-state index contributed by atoms with van der Waals surface area (Å²) in [6, 6.07) is 15.1. The fourth-order valence-corrected chi connectivity index (χ4v) is 11.5. The summed E-state index contributed by atoms with van der Waals surface area (Å²) in [5.74, 6) is 3.73. The molecule has 8 rings (SSSR count). The number of esters is 2. The van der Waals surface area contributed by atoms with Crippen LogP contribution in [0.3, 0.4) is 0 Å². The molecule has 2 fully saturated rings. The molecule has 0 aromatic heterocycles. The zero-order valence-corrected chi connectivity index (χ0v) is 39.9. The Hall–Kier alpha value is -5.03. The van der Waals surface area contributed by atoms with Crippen LogP contribution in [0.25, 0.3) is 0 Å². The Morgan fingerprint density at radius 1 is 0.926 bits per heavy atom. The number of Topliss-reactive ketones (excluding diaryl/α,β-unsaturated/α-hetero) is 1. The number of phenolic OH excluding ortho intramolecular Hbond substituents is 1. The van der Waals surface area contributed by atoms with Gasteiger partial charge in [0, 0.05) is 80.2 Å². The van der Waals surface area contributed by atoms with Gasteiger partial charge in [-0.15, -0.1) is 0 Å². The number of hydrogen-bond donors (Lipinski definition) is 6. The Balaban J connectivity index is 1.34. The second-order valence-corrected chi connectivity index (χ2v) is 20.5. The van der Waals surface area contributed by atoms with Gasteiger partial charge >= 0.3 is 11.9 Å². The van der Waals surface area contributed by atoms with Crippen molar-refractivity contribution in [1.29, 1.82) is 0 Å². The maximum atomic E-state index is 15.3. The number of benzene rings is 3. The third-order valence-electron chi connectivity index (χ3n) is 15.3. The number of aromatic hydroxyl groups is 1. The van der Waals surface area contributed by atoms with Crippen LogP contribution in [-0.4, -0.2) is 86.9 Å². The van der Waals surface area contributed by atoms with Gasteiger partial charge in [-0.05, 0) is 116 Å². The molecule has 5 aliphatic rings. The number of ether oxygens (including phenoxy) is 3. The number of nitrogens with one attached hydrogen (secondary N) is 1. The van der Waals surface area contributed by atoms with Gasteiger partial charge in [0.2, 0.25) is 0 Å². The number of carbonyl (C=O) groups excluding carboxylic acids is 3. The first-order valence-corrected chi connectivity index (χ1v) is 24.9. The lowest BCUT2D eigenvalue weighted by molar-refractivity contribution is -0.176. The minimum absolute atomic E-state index is 0.0418. The topological polar surface area (TPSA) is 192 Å². The number of aliphatic hydroxyl groups is 4. The van der Waals surface area contributed by atoms with Crippen molar-refractivity contribution in [3.63, 3.8) is 0 Å². The number of anilines is 1. The van der Waals surface area contributed by atoms with Crippen molar-refractivity contribution in [1.82, 2.24) is 0 Å². The number of aliphatic hydroxyl groups excluding tert-OH is 2. The number of phenols is 1. The number of hydrogen-bond acceptors (Lipinski definition) is 12. The third-order valence-corrected chi connectivity index (χ3v) is 15.3. The molecule has 3 heterocycles. The van der Waals surface area contributed by atoms with Crippen LogP contribution < -0.4 is 10.1 Å². The molecule has 2 saturated carbocycles. The molecule has 0 radical (unpaired) electrons. The van der Waals surface area contributed by atoms with E-state index in [2.05, 4.69) is 17.2 Å². The summed E-state index contributed by atoms with van der Waals surface area (Å²) in [7, 11) is 1.58. The average Bonchev–Trinajstić information content (AvgIpc) is 3.32. The molecule has 364 valence electrons. The SMILES string of the molecule is CCC[C@]1(O)[C@@H]2CCC(=O)[C@H](Cc3cccc(c3)C[C@H](O)/C=C3/C[C@@H](c4cc(CO)cc(NC[C@@](C)(O)CCOC)c4)C#C[C@H]4CC(=O)Oc5c4cc(c(O)c5C4CCCCC4)C[C@H]1OC3=O)C2. The van der Waals surface area contributed by atoms with E-state index in [4.69, 9.17) is 14.2 Å². The van der Waals surface area contributed by atoms with Crippen molar-refractivity contribution in [3.05, 3.63) is 99.1 Å². The maximum Gasteiger partial charge on any atom is 0.334 e. The zero-order chi connectivity index (χ0) is 48.2. The molecule has 0 unspecified atom stereocenters. The highest BCUT2D eigenvalue weighted by Gasteiger charge is 2.49. The van der Waals surface area contributed by atoms with Gasteiger partial charge in [-0.3, -0.25) is 9.59 Å². The van der Waals surface area contributed by atoms with Gasteiger partial charge in [-0.25, -0.2) is 4.79 Å². The van der Waals surface area contributed by atoms with Gasteiger partial charge in [0.05, 0.1) is 30.7 Å². The van der Waals surface area contributed by atoms with Gasteiger partial charge in [0.25, 0.3) is 0 Å². The van der Waals surface area contributed by atoms with E-state index < -0.39 is 53.1 Å². The second kappa shape index (κ2) is 21.3. The van der Waals surface area contributed by atoms with Gasteiger partial charge in [-0.1, -0.05) is 74.8 Å². The molecule has 0 amide bonds. The summed E-state index contributed by atoms with van der Waals surface area (Å²) in [5.41, 5.74) is 2.58. The number of rotatable bonds is 11. The van der Waals surface area contributed by atoms with Gasteiger partial charge in [0.15, 0.2) is 0 Å². The summed E-state index contributed by atoms with van der Waals surface area (Å²) < 4.78 is 18.0. The molecule has 12 nitrogen and oxygen atoms in total. The van der Waals surface area contributed by atoms with Crippen LogP contribution in [0, 0.1) is 23.7 Å². The molecule has 3 aromatic rings. The van der Waals surface area contributed by atoms with E-state index in [0.717, 1.165) is 43.2 Å². The number of carbonyl (C=O) groups is 3. The first-order chi connectivity index (χ1) is 32.7. The molecular formula is C56H69NO11. The van der Waals surface area contributed by atoms with E-state index in [0.29, 0.717) is 78.0 Å². The summed E-state index contributed by atoms with van der Waals surface area (Å²) >= 11 is 0. The summed E-state index contributed by atoms with van der Waals surface area (Å²) in [6.07, 6.45) is 6.35. The molecule has 3 aliphatic heterocycles. The van der Waals surface area contributed by atoms with Crippen LogP contribution in [0.2, 0.25) is 0 Å². The fourth-order valence-electron chi connectivity index (χ4n) is 11.5. The maximum absolute atomic E-state index is 15.3. The van der Waals surface area contributed by atoms with Gasteiger partial charge in [0.1, 0.15) is 29.0 Å². The van der Waals surface area contributed by atoms with Crippen LogP contribution in [0.4, 0.5) is 5.69 Å². The fraction of sp³-hybridized carbons (Fsp3) is 0.554. The first kappa shape index (κ1) is 49.4. The smallest absolute Gasteiger partial charge is 0.334 e. The minimum Gasteiger partial charge on any atom is -0.507 e. The Kier molecular flexibility index (Phi) is 15.5. The number of methoxy groups -OCH3 is 1. The third kappa shape index (κ3) is 11.2. The largest absolute Gasteiger partial charge is 0.507 e. The van der Waals surface area contributed by atoms with E-state index in [-0.39, 0.29) is 80.6 Å². The van der Waals surface area contributed by atoms with Crippen molar-refractivity contribution in [2.75, 3.05) is 25.6 Å². The zero-order valence-electron chi connectivity index (χ0n) is 39.9. The van der Waals surface area contributed by atoms with Crippen LogP contribution in [0.5, 0.6) is 11.5 Å². The molecule has 8 bridgehead atoms. The van der Waals surface area contributed by atoms with Gasteiger partial charge < -0.3 is 45.1 Å². The average molecular weight is 932 g/mol. The second-order valence-electron chi connectivity index (χ2n) is 20.5. The molecular weight excluding hydrogens is 863 g/mol. The van der Waals surface area contributed by atoms with Gasteiger partial charge in [-0.2, -0.15) is 0 Å². The highest BCUT2D eigenvalue weighted by Crippen LogP contribution is 2.51. The predicted molar refractivity (Wildman–Crippen MR) is 257 cm³/mol. The van der Waals surface area contributed by atoms with E-state index in [9.17, 15) is 35.1 Å². The number of fused-ring (bicyclic) bond motifs is 8. The van der Waals surface area contributed by atoms with Crippen LogP contribution in [0.15, 0.2) is 60.2 Å². The standard InChI is InChI=1S/C56H69NO11/c1-4-17-56(65)44-15-16-48(60)41(26-44)21-34-9-8-10-35(20-34)24-46(59)28-43-25-38(40-22-36(32-58)23-45(27-40)57-33-55(2,64)18-19-66-3)13-14-39-31-50(61)68-53-47(39)29-42(30-49(56)67-54(43)63)52(62)51(53)37-11-6-5-7-12-37/h8-10,20,22-23,27-29,37-39,41,44,46,49,57-59,62,64-65H,4-7,11-12,15-19,21,24-26,30-33H2,1-3H3/b43-28-/t38-,39-,41+,44+,46-,49+,55-,56-/m0/s1. The molecule has 8 atom stereocenters. The quantitative estimate of drug-likeness (QED) is 0.0623. The Morgan fingerprint density at radius 2 is 1.69 bits per heavy atom. The highest BCUT2D eigenvalue weighted by molar-refractivity contribution is 5.89. The Labute approximate surface area is 400 Å². The predicted octanol–water partition coefficient (Wildman–Crippen LogP) is 7.77. The lowest BCUT2D eigenvalue weighted by atomic mass is 9.66. The van der Waals surface area contributed by atoms with E-state index >= 15 is 4.79 Å². The molecule has 68 heavy (non-hydrogen) atoms. The van der Waals surface area contributed by atoms with Crippen molar-refractivity contribution in [2.24, 2.45) is 11.8 Å². The monoisotopic (exact) mass is 931 g/mol. The summed E-state index contributed by atoms with van der Waals surface area (Å²) in [5, 5.41) is 62.8. The van der Waals surface area contributed by atoms with E-state index in [1.807, 2.05) is 49.4 Å². The molecule has 0 saturated heterocycles. The van der Waals surface area contributed by atoms with Crippen LogP contribution in [-0.2, 0) is 49.7 Å². The van der Waals surface area contributed by atoms with Crippen LogP contribution in [0.1, 0.15) is 154 Å². The first-order valence-electron chi connectivity index (χ1n) is 24.9. The summed E-state index contributed by atoms with van der Waals surface area (Å²) in [4.78, 5) is 42.6. The highest BCUT2D eigenvalue weighted by atomic mass is 16.6. The molecule has 3 aromatic carbocycles. The molecule has 0 spiro atoms. The van der Waals surface area contributed by atoms with Crippen molar-refractivity contribution < 1.29 is 54.1 Å². The normalized spacial score (nSPS) is 28.3. The summed E-state index contributed by atoms with van der Waals surface area (Å²) in [6.45, 7) is 3.90. The molecule has 6 N–H and O–H groups in total. The lowest BCUT2D eigenvalue weighted by Gasteiger charge is -2.45. The number of ketones is 1. The Morgan fingerprint density at radius 3 is 2.44 bits per heavy atom.